The van der Waals surface area contributed by atoms with Gasteiger partial charge in [0, 0.05) is 23.6 Å². The molecule has 0 aliphatic rings. The van der Waals surface area contributed by atoms with Gasteiger partial charge in [0.05, 0.1) is 23.8 Å². The van der Waals surface area contributed by atoms with Gasteiger partial charge in [-0.05, 0) is 31.2 Å². The van der Waals surface area contributed by atoms with Crippen molar-refractivity contribution in [3.8, 4) is 5.69 Å². The Labute approximate surface area is 131 Å². The molecule has 0 unspecified atom stereocenters. The number of aromatic nitrogens is 4. The molecule has 3 rings (SSSR count). The Hall–Kier alpha value is -2.47. The summed E-state index contributed by atoms with van der Waals surface area (Å²) in [4.78, 5) is 12.5. The van der Waals surface area contributed by atoms with Crippen molar-refractivity contribution >= 4 is 17.5 Å². The molecule has 5 nitrogen and oxygen atoms in total. The molecule has 0 aliphatic heterocycles. The van der Waals surface area contributed by atoms with Crippen LogP contribution in [0.3, 0.4) is 0 Å². The van der Waals surface area contributed by atoms with Crippen molar-refractivity contribution in [1.82, 2.24) is 19.5 Å². The van der Waals surface area contributed by atoms with Crippen molar-refractivity contribution in [1.29, 1.82) is 0 Å². The van der Waals surface area contributed by atoms with E-state index >= 15 is 0 Å². The van der Waals surface area contributed by atoms with Gasteiger partial charge in [-0.3, -0.25) is 0 Å². The lowest BCUT2D eigenvalue weighted by atomic mass is 10.2. The van der Waals surface area contributed by atoms with Gasteiger partial charge in [-0.15, -0.1) is 0 Å². The minimum absolute atomic E-state index is 0.112. The maximum absolute atomic E-state index is 13.9. The number of anilines is 1. The van der Waals surface area contributed by atoms with Gasteiger partial charge in [0.15, 0.2) is 0 Å². The fourth-order valence-corrected chi connectivity index (χ4v) is 2.18. The Bertz CT molecular complexity index is 775. The molecule has 22 heavy (non-hydrogen) atoms. The van der Waals surface area contributed by atoms with E-state index in [9.17, 15) is 4.39 Å². The van der Waals surface area contributed by atoms with E-state index in [0.29, 0.717) is 16.7 Å². The van der Waals surface area contributed by atoms with E-state index < -0.39 is 5.82 Å². The first-order valence-electron chi connectivity index (χ1n) is 6.66. The van der Waals surface area contributed by atoms with Crippen LogP contribution in [-0.2, 0) is 0 Å². The highest BCUT2D eigenvalue weighted by molar-refractivity contribution is 6.30. The molecule has 0 radical (unpaired) electrons. The number of rotatable bonds is 4. The van der Waals surface area contributed by atoms with Crippen molar-refractivity contribution in [2.75, 3.05) is 5.32 Å². The Morgan fingerprint density at radius 3 is 2.73 bits per heavy atom. The van der Waals surface area contributed by atoms with Crippen LogP contribution in [0.15, 0.2) is 49.2 Å². The van der Waals surface area contributed by atoms with Crippen molar-refractivity contribution in [3.63, 3.8) is 0 Å². The van der Waals surface area contributed by atoms with Crippen LogP contribution in [0.1, 0.15) is 18.7 Å². The third kappa shape index (κ3) is 3.07. The molecule has 7 heteroatoms. The number of nitrogens with one attached hydrogen (secondary N) is 1. The fourth-order valence-electron chi connectivity index (χ4n) is 2.03. The summed E-state index contributed by atoms with van der Waals surface area (Å²) >= 11 is 5.76. The highest BCUT2D eigenvalue weighted by Crippen LogP contribution is 2.21. The molecular weight excluding hydrogens is 305 g/mol. The van der Waals surface area contributed by atoms with Crippen LogP contribution < -0.4 is 5.32 Å². The normalized spacial score (nSPS) is 12.1. The van der Waals surface area contributed by atoms with Gasteiger partial charge in [-0.25, -0.2) is 19.3 Å². The predicted molar refractivity (Wildman–Crippen MR) is 82.6 cm³/mol. The summed E-state index contributed by atoms with van der Waals surface area (Å²) in [6.07, 6.45) is 6.63. The van der Waals surface area contributed by atoms with E-state index in [1.54, 1.807) is 47.7 Å². The zero-order valence-corrected chi connectivity index (χ0v) is 12.5. The van der Waals surface area contributed by atoms with Crippen molar-refractivity contribution in [2.45, 2.75) is 13.0 Å². The molecule has 0 bridgehead atoms. The maximum Gasteiger partial charge on any atom is 0.223 e. The lowest BCUT2D eigenvalue weighted by Crippen LogP contribution is -2.09. The average Bonchev–Trinajstić information content (AvgIpc) is 2.98. The van der Waals surface area contributed by atoms with E-state index in [4.69, 9.17) is 11.6 Å². The molecule has 1 atom stereocenters. The van der Waals surface area contributed by atoms with Crippen LogP contribution in [0.25, 0.3) is 5.69 Å². The van der Waals surface area contributed by atoms with Crippen LogP contribution in [0, 0.1) is 5.82 Å². The second-order valence-electron chi connectivity index (χ2n) is 4.74. The van der Waals surface area contributed by atoms with Crippen molar-refractivity contribution < 1.29 is 4.39 Å². The van der Waals surface area contributed by atoms with Gasteiger partial charge in [-0.2, -0.15) is 0 Å². The number of hydrogen-bond donors (Lipinski definition) is 1. The second kappa shape index (κ2) is 6.11. The minimum Gasteiger partial charge on any atom is -0.346 e. The highest BCUT2D eigenvalue weighted by atomic mass is 35.5. The van der Waals surface area contributed by atoms with E-state index in [1.807, 2.05) is 6.92 Å². The molecular formula is C15H13ClFN5. The van der Waals surface area contributed by atoms with Crippen LogP contribution >= 0.6 is 11.6 Å². The van der Waals surface area contributed by atoms with Gasteiger partial charge in [0.25, 0.3) is 0 Å². The number of benzene rings is 1. The quantitative estimate of drug-likeness (QED) is 0.798. The summed E-state index contributed by atoms with van der Waals surface area (Å²) in [7, 11) is 0. The fraction of sp³-hybridized carbons (Fsp3) is 0.133. The summed E-state index contributed by atoms with van der Waals surface area (Å²) in [5.74, 6) is 0.116. The lowest BCUT2D eigenvalue weighted by Gasteiger charge is -2.10. The van der Waals surface area contributed by atoms with E-state index in [2.05, 4.69) is 20.3 Å². The van der Waals surface area contributed by atoms with Crippen LogP contribution in [0.5, 0.6) is 0 Å². The lowest BCUT2D eigenvalue weighted by molar-refractivity contribution is 0.618. The van der Waals surface area contributed by atoms with Crippen LogP contribution in [-0.4, -0.2) is 19.5 Å². The first-order valence-corrected chi connectivity index (χ1v) is 7.04. The Morgan fingerprint density at radius 1 is 1.23 bits per heavy atom. The smallest absolute Gasteiger partial charge is 0.223 e. The molecule has 0 saturated carbocycles. The standard InChI is InChI=1S/C15H13ClFN5/c1-10(21-15-18-5-2-6-19-15)13-8-22(9-20-13)14-4-3-11(16)7-12(14)17/h2-10H,1H3,(H,18,19,21)/t10-/m0/s1. The minimum atomic E-state index is -0.400. The van der Waals surface area contributed by atoms with E-state index in [0.717, 1.165) is 5.69 Å². The molecule has 1 N–H and O–H groups in total. The molecule has 0 fully saturated rings. The summed E-state index contributed by atoms with van der Waals surface area (Å²) in [5.41, 5.74) is 1.15. The third-order valence-corrected chi connectivity index (χ3v) is 3.38. The van der Waals surface area contributed by atoms with Crippen molar-refractivity contribution in [2.24, 2.45) is 0 Å². The first kappa shape index (κ1) is 14.5. The Balaban J connectivity index is 1.81. The van der Waals surface area contributed by atoms with Gasteiger partial charge >= 0.3 is 0 Å². The molecule has 2 aromatic heterocycles. The topological polar surface area (TPSA) is 55.6 Å². The zero-order valence-electron chi connectivity index (χ0n) is 11.7. The average molecular weight is 318 g/mol. The summed E-state index contributed by atoms with van der Waals surface area (Å²) in [5, 5.41) is 3.49. The third-order valence-electron chi connectivity index (χ3n) is 3.15. The molecule has 0 aliphatic carbocycles. The summed E-state index contributed by atoms with van der Waals surface area (Å²) in [6.45, 7) is 1.93. The second-order valence-corrected chi connectivity index (χ2v) is 5.18. The monoisotopic (exact) mass is 317 g/mol. The number of hydrogen-bond acceptors (Lipinski definition) is 4. The molecule has 0 amide bonds. The van der Waals surface area contributed by atoms with Crippen LogP contribution in [0.2, 0.25) is 5.02 Å². The van der Waals surface area contributed by atoms with E-state index in [-0.39, 0.29) is 6.04 Å². The maximum atomic E-state index is 13.9. The summed E-state index contributed by atoms with van der Waals surface area (Å²) < 4.78 is 15.5. The molecule has 3 aromatic rings. The molecule has 0 saturated heterocycles. The SMILES string of the molecule is C[C@H](Nc1ncccn1)c1cn(-c2ccc(Cl)cc2F)cn1. The Kier molecular flexibility index (Phi) is 4.02. The summed E-state index contributed by atoms with van der Waals surface area (Å²) in [6, 6.07) is 6.16. The largest absolute Gasteiger partial charge is 0.346 e. The number of imidazole rings is 1. The molecule has 112 valence electrons. The van der Waals surface area contributed by atoms with Gasteiger partial charge < -0.3 is 9.88 Å². The predicted octanol–water partition coefficient (Wildman–Crippen LogP) is 3.63. The Morgan fingerprint density at radius 2 is 2.00 bits per heavy atom. The van der Waals surface area contributed by atoms with E-state index in [1.165, 1.54) is 6.07 Å². The molecule has 0 spiro atoms. The van der Waals surface area contributed by atoms with Gasteiger partial charge in [-0.1, -0.05) is 11.6 Å². The molecule has 2 heterocycles. The van der Waals surface area contributed by atoms with Crippen LogP contribution in [0.4, 0.5) is 10.3 Å². The molecule has 1 aromatic carbocycles. The zero-order chi connectivity index (χ0) is 15.5. The number of nitrogens with zero attached hydrogens (tertiary/aromatic N) is 4. The number of halogens is 2. The first-order chi connectivity index (χ1) is 10.6. The van der Waals surface area contributed by atoms with Gasteiger partial charge in [0.2, 0.25) is 5.95 Å². The van der Waals surface area contributed by atoms with Gasteiger partial charge in [0.1, 0.15) is 5.82 Å². The van der Waals surface area contributed by atoms with Crippen molar-refractivity contribution in [3.05, 3.63) is 65.7 Å². The highest BCUT2D eigenvalue weighted by Gasteiger charge is 2.12.